The Hall–Kier alpha value is -2.38. The Bertz CT molecular complexity index is 682. The summed E-state index contributed by atoms with van der Waals surface area (Å²) in [6.07, 6.45) is 1.44. The molecule has 0 unspecified atom stereocenters. The summed E-state index contributed by atoms with van der Waals surface area (Å²) in [7, 11) is 0. The fourth-order valence-electron chi connectivity index (χ4n) is 2.35. The molecular formula is C12H10F2N4O2. The van der Waals surface area contributed by atoms with E-state index in [2.05, 4.69) is 15.5 Å². The lowest BCUT2D eigenvalue weighted by atomic mass is 9.76. The lowest BCUT2D eigenvalue weighted by Crippen LogP contribution is -2.48. The molecule has 0 saturated heterocycles. The van der Waals surface area contributed by atoms with Crippen molar-refractivity contribution in [2.75, 3.05) is 0 Å². The van der Waals surface area contributed by atoms with Gasteiger partial charge in [0.05, 0.1) is 5.56 Å². The molecule has 6 nitrogen and oxygen atoms in total. The van der Waals surface area contributed by atoms with Gasteiger partial charge in [0.15, 0.2) is 23.0 Å². The first-order chi connectivity index (χ1) is 9.56. The molecule has 1 heterocycles. The summed E-state index contributed by atoms with van der Waals surface area (Å²) >= 11 is 0. The number of nitrogens with zero attached hydrogens (tertiary/aromatic N) is 4. The molecule has 104 valence electrons. The summed E-state index contributed by atoms with van der Waals surface area (Å²) < 4.78 is 28.2. The number of halogens is 2. The summed E-state index contributed by atoms with van der Waals surface area (Å²) in [4.78, 5) is 11.5. The van der Waals surface area contributed by atoms with E-state index in [4.69, 9.17) is 0 Å². The highest BCUT2D eigenvalue weighted by Gasteiger charge is 2.49. The van der Waals surface area contributed by atoms with E-state index in [0.29, 0.717) is 12.8 Å². The van der Waals surface area contributed by atoms with Crippen LogP contribution >= 0.6 is 0 Å². The Morgan fingerprint density at radius 3 is 2.70 bits per heavy atom. The number of hydrogen-bond donors (Lipinski definition) is 1. The predicted octanol–water partition coefficient (Wildman–Crippen LogP) is 1.58. The van der Waals surface area contributed by atoms with Gasteiger partial charge in [-0.15, -0.1) is 5.10 Å². The van der Waals surface area contributed by atoms with Gasteiger partial charge in [-0.2, -0.15) is 0 Å². The standard InChI is InChI=1S/C12H10F2N4O2/c13-8-4-1-3-7(9(8)14)10-15-16-17-18(10)12(11(19)20)5-2-6-12/h1,3-4H,2,5-6H2,(H,19,20). The molecule has 0 spiro atoms. The quantitative estimate of drug-likeness (QED) is 0.923. The number of carboxylic acid groups (broad SMARTS) is 1. The average Bonchev–Trinajstić information content (AvgIpc) is 2.80. The summed E-state index contributed by atoms with van der Waals surface area (Å²) in [5.41, 5.74) is -1.42. The molecular weight excluding hydrogens is 270 g/mol. The molecule has 0 radical (unpaired) electrons. The fourth-order valence-corrected chi connectivity index (χ4v) is 2.35. The van der Waals surface area contributed by atoms with Crippen LogP contribution < -0.4 is 0 Å². The molecule has 8 heteroatoms. The maximum Gasteiger partial charge on any atom is 0.331 e. The Labute approximate surface area is 112 Å². The molecule has 2 aromatic rings. The third kappa shape index (κ3) is 1.60. The van der Waals surface area contributed by atoms with Crippen LogP contribution in [0.15, 0.2) is 18.2 Å². The van der Waals surface area contributed by atoms with Crippen LogP contribution in [-0.2, 0) is 10.3 Å². The molecule has 0 atom stereocenters. The Kier molecular flexibility index (Phi) is 2.73. The van der Waals surface area contributed by atoms with Crippen molar-refractivity contribution in [3.63, 3.8) is 0 Å². The van der Waals surface area contributed by atoms with Crippen molar-refractivity contribution >= 4 is 5.97 Å². The molecule has 3 rings (SSSR count). The lowest BCUT2D eigenvalue weighted by molar-refractivity contribution is -0.153. The number of aliphatic carboxylic acids is 1. The summed E-state index contributed by atoms with van der Waals surface area (Å²) in [5.74, 6) is -3.28. The zero-order chi connectivity index (χ0) is 14.3. The highest BCUT2D eigenvalue weighted by molar-refractivity contribution is 5.78. The van der Waals surface area contributed by atoms with E-state index in [1.165, 1.54) is 12.1 Å². The molecule has 20 heavy (non-hydrogen) atoms. The van der Waals surface area contributed by atoms with Gasteiger partial charge in [-0.05, 0) is 41.8 Å². The first-order valence-corrected chi connectivity index (χ1v) is 6.03. The van der Waals surface area contributed by atoms with Crippen molar-refractivity contribution in [1.29, 1.82) is 0 Å². The fraction of sp³-hybridized carbons (Fsp3) is 0.333. The highest BCUT2D eigenvalue weighted by atomic mass is 19.2. The van der Waals surface area contributed by atoms with Gasteiger partial charge in [-0.1, -0.05) is 6.07 Å². The van der Waals surface area contributed by atoms with Crippen molar-refractivity contribution in [2.24, 2.45) is 0 Å². The first-order valence-electron chi connectivity index (χ1n) is 6.03. The van der Waals surface area contributed by atoms with Gasteiger partial charge in [-0.25, -0.2) is 18.3 Å². The molecule has 1 aromatic carbocycles. The maximum atomic E-state index is 13.8. The Morgan fingerprint density at radius 1 is 1.35 bits per heavy atom. The monoisotopic (exact) mass is 280 g/mol. The molecule has 1 aromatic heterocycles. The van der Waals surface area contributed by atoms with Crippen LogP contribution in [0.25, 0.3) is 11.4 Å². The van der Waals surface area contributed by atoms with Crippen LogP contribution in [0.4, 0.5) is 8.78 Å². The number of tetrazole rings is 1. The zero-order valence-electron chi connectivity index (χ0n) is 10.3. The van der Waals surface area contributed by atoms with E-state index in [-0.39, 0.29) is 11.4 Å². The predicted molar refractivity (Wildman–Crippen MR) is 62.6 cm³/mol. The minimum absolute atomic E-state index is 0.0795. The van der Waals surface area contributed by atoms with Crippen molar-refractivity contribution < 1.29 is 18.7 Å². The van der Waals surface area contributed by atoms with E-state index >= 15 is 0 Å². The van der Waals surface area contributed by atoms with Gasteiger partial charge in [0.2, 0.25) is 0 Å². The normalized spacial score (nSPS) is 16.7. The molecule has 0 bridgehead atoms. The third-order valence-corrected chi connectivity index (χ3v) is 3.65. The Balaban J connectivity index is 2.16. The molecule has 1 N–H and O–H groups in total. The lowest BCUT2D eigenvalue weighted by Gasteiger charge is -2.37. The van der Waals surface area contributed by atoms with Crippen molar-refractivity contribution in [2.45, 2.75) is 24.8 Å². The largest absolute Gasteiger partial charge is 0.479 e. The van der Waals surface area contributed by atoms with Crippen molar-refractivity contribution in [1.82, 2.24) is 20.2 Å². The molecule has 0 amide bonds. The van der Waals surface area contributed by atoms with Gasteiger partial charge in [0.1, 0.15) is 0 Å². The van der Waals surface area contributed by atoms with Crippen molar-refractivity contribution in [3.05, 3.63) is 29.8 Å². The average molecular weight is 280 g/mol. The van der Waals surface area contributed by atoms with E-state index in [9.17, 15) is 18.7 Å². The summed E-state index contributed by atoms with van der Waals surface area (Å²) in [6.45, 7) is 0. The maximum absolute atomic E-state index is 13.8. The molecule has 1 saturated carbocycles. The molecule has 1 fully saturated rings. The van der Waals surface area contributed by atoms with Gasteiger partial charge in [-0.3, -0.25) is 0 Å². The van der Waals surface area contributed by atoms with Crippen LogP contribution in [-0.4, -0.2) is 31.3 Å². The van der Waals surface area contributed by atoms with Crippen LogP contribution in [0.2, 0.25) is 0 Å². The van der Waals surface area contributed by atoms with Gasteiger partial charge < -0.3 is 5.11 Å². The van der Waals surface area contributed by atoms with Crippen LogP contribution in [0.5, 0.6) is 0 Å². The van der Waals surface area contributed by atoms with E-state index in [1.54, 1.807) is 0 Å². The topological polar surface area (TPSA) is 80.9 Å². The Morgan fingerprint density at radius 2 is 2.10 bits per heavy atom. The number of hydrogen-bond acceptors (Lipinski definition) is 4. The first kappa shape index (κ1) is 12.6. The van der Waals surface area contributed by atoms with Gasteiger partial charge in [0, 0.05) is 0 Å². The van der Waals surface area contributed by atoms with Crippen LogP contribution in [0, 0.1) is 11.6 Å². The number of carboxylic acids is 1. The molecule has 1 aliphatic carbocycles. The third-order valence-electron chi connectivity index (χ3n) is 3.65. The SMILES string of the molecule is O=C(O)C1(n2nnnc2-c2cccc(F)c2F)CCC1. The number of aromatic nitrogens is 4. The van der Waals surface area contributed by atoms with E-state index in [0.717, 1.165) is 17.2 Å². The van der Waals surface area contributed by atoms with E-state index in [1.807, 2.05) is 0 Å². The zero-order valence-corrected chi connectivity index (χ0v) is 10.3. The van der Waals surface area contributed by atoms with Crippen molar-refractivity contribution in [3.8, 4) is 11.4 Å². The summed E-state index contributed by atoms with van der Waals surface area (Å²) in [6, 6.07) is 3.61. The smallest absolute Gasteiger partial charge is 0.331 e. The van der Waals surface area contributed by atoms with E-state index < -0.39 is 23.1 Å². The minimum atomic E-state index is -1.27. The van der Waals surface area contributed by atoms with Gasteiger partial charge in [0.25, 0.3) is 0 Å². The second-order valence-electron chi connectivity index (χ2n) is 4.71. The second-order valence-corrected chi connectivity index (χ2v) is 4.71. The number of benzene rings is 1. The summed E-state index contributed by atoms with van der Waals surface area (Å²) in [5, 5.41) is 20.1. The highest BCUT2D eigenvalue weighted by Crippen LogP contribution is 2.41. The minimum Gasteiger partial charge on any atom is -0.479 e. The number of carbonyl (C=O) groups is 1. The van der Waals surface area contributed by atoms with Gasteiger partial charge >= 0.3 is 5.97 Å². The molecule has 1 aliphatic rings. The van der Waals surface area contributed by atoms with Crippen LogP contribution in [0.1, 0.15) is 19.3 Å². The number of rotatable bonds is 3. The van der Waals surface area contributed by atoms with Crippen LogP contribution in [0.3, 0.4) is 0 Å². The second kappa shape index (κ2) is 4.32. The molecule has 0 aliphatic heterocycles.